The van der Waals surface area contributed by atoms with Crippen molar-refractivity contribution >= 4 is 5.69 Å². The lowest BCUT2D eigenvalue weighted by atomic mass is 10.2. The molecule has 0 aliphatic rings. The predicted molar refractivity (Wildman–Crippen MR) is 72.9 cm³/mol. The van der Waals surface area contributed by atoms with Crippen LogP contribution in [-0.4, -0.2) is 7.11 Å². The molecule has 4 nitrogen and oxygen atoms in total. The average molecular weight is 254 g/mol. The molecule has 4 heteroatoms. The van der Waals surface area contributed by atoms with Crippen LogP contribution in [0.15, 0.2) is 42.5 Å². The smallest absolute Gasteiger partial charge is 0.121 e. The second-order valence-electron chi connectivity index (χ2n) is 4.00. The largest absolute Gasteiger partial charge is 0.497 e. The van der Waals surface area contributed by atoms with Crippen molar-refractivity contribution in [2.45, 2.75) is 6.61 Å². The molecule has 0 radical (unpaired) electrons. The third-order valence-corrected chi connectivity index (χ3v) is 2.71. The Bertz CT molecular complexity index is 601. The van der Waals surface area contributed by atoms with Crippen molar-refractivity contribution in [3.63, 3.8) is 0 Å². The summed E-state index contributed by atoms with van der Waals surface area (Å²) in [6, 6.07) is 14.7. The van der Waals surface area contributed by atoms with Crippen LogP contribution in [0.25, 0.3) is 0 Å². The zero-order valence-electron chi connectivity index (χ0n) is 10.6. The van der Waals surface area contributed by atoms with E-state index in [4.69, 9.17) is 20.5 Å². The Balaban J connectivity index is 2.04. The van der Waals surface area contributed by atoms with Gasteiger partial charge in [-0.1, -0.05) is 12.1 Å². The Kier molecular flexibility index (Phi) is 3.89. The third kappa shape index (κ3) is 3.17. The van der Waals surface area contributed by atoms with Crippen LogP contribution in [0.2, 0.25) is 0 Å². The fourth-order valence-electron chi connectivity index (χ4n) is 1.61. The zero-order valence-corrected chi connectivity index (χ0v) is 10.6. The van der Waals surface area contributed by atoms with Gasteiger partial charge in [0.1, 0.15) is 24.2 Å². The van der Waals surface area contributed by atoms with E-state index in [1.165, 1.54) is 0 Å². The van der Waals surface area contributed by atoms with Gasteiger partial charge in [-0.15, -0.1) is 0 Å². The van der Waals surface area contributed by atoms with Crippen LogP contribution >= 0.6 is 0 Å². The van der Waals surface area contributed by atoms with Gasteiger partial charge in [0.15, 0.2) is 0 Å². The summed E-state index contributed by atoms with van der Waals surface area (Å²) in [7, 11) is 1.63. The minimum absolute atomic E-state index is 0.423. The molecule has 0 spiro atoms. The number of rotatable bonds is 4. The Morgan fingerprint density at radius 3 is 2.42 bits per heavy atom. The molecule has 2 N–H and O–H groups in total. The molecule has 2 aromatic rings. The summed E-state index contributed by atoms with van der Waals surface area (Å²) in [5, 5.41) is 8.89. The fourth-order valence-corrected chi connectivity index (χ4v) is 1.61. The van der Waals surface area contributed by atoms with E-state index in [2.05, 4.69) is 0 Å². The van der Waals surface area contributed by atoms with E-state index >= 15 is 0 Å². The molecule has 0 aliphatic heterocycles. The van der Waals surface area contributed by atoms with Crippen molar-refractivity contribution in [1.29, 1.82) is 5.26 Å². The van der Waals surface area contributed by atoms with Gasteiger partial charge in [-0.25, -0.2) is 0 Å². The number of anilines is 1. The number of nitrogens with zero attached hydrogens (tertiary/aromatic N) is 1. The number of nitriles is 1. The summed E-state index contributed by atoms with van der Waals surface area (Å²) >= 11 is 0. The molecule has 2 rings (SSSR count). The second-order valence-corrected chi connectivity index (χ2v) is 4.00. The van der Waals surface area contributed by atoms with Gasteiger partial charge in [0.05, 0.1) is 12.7 Å². The standard InChI is InChI=1S/C15H14N2O2/c1-18-13-4-2-11(3-5-13)10-19-14-6-7-15(17)12(8-14)9-16/h2-8H,10,17H2,1H3. The first kappa shape index (κ1) is 12.8. The molecule has 0 saturated heterocycles. The number of nitrogens with two attached hydrogens (primary N) is 1. The minimum atomic E-state index is 0.423. The highest BCUT2D eigenvalue weighted by Gasteiger charge is 2.02. The van der Waals surface area contributed by atoms with E-state index in [0.717, 1.165) is 11.3 Å². The molecule has 0 aliphatic carbocycles. The van der Waals surface area contributed by atoms with Gasteiger partial charge in [-0.2, -0.15) is 5.26 Å². The van der Waals surface area contributed by atoms with Gasteiger partial charge in [0.25, 0.3) is 0 Å². The van der Waals surface area contributed by atoms with Crippen LogP contribution in [-0.2, 0) is 6.61 Å². The monoisotopic (exact) mass is 254 g/mol. The molecular formula is C15H14N2O2. The molecule has 0 saturated carbocycles. The summed E-state index contributed by atoms with van der Waals surface area (Å²) in [6.45, 7) is 0.429. The third-order valence-electron chi connectivity index (χ3n) is 2.71. The first-order chi connectivity index (χ1) is 9.22. The van der Waals surface area contributed by atoms with Crippen LogP contribution in [0.1, 0.15) is 11.1 Å². The maximum atomic E-state index is 8.89. The molecule has 0 bridgehead atoms. The lowest BCUT2D eigenvalue weighted by molar-refractivity contribution is 0.306. The lowest BCUT2D eigenvalue weighted by Crippen LogP contribution is -1.97. The van der Waals surface area contributed by atoms with Crippen LogP contribution in [0.4, 0.5) is 5.69 Å². The highest BCUT2D eigenvalue weighted by atomic mass is 16.5. The molecular weight excluding hydrogens is 240 g/mol. The molecule has 0 heterocycles. The number of nitrogen functional groups attached to an aromatic ring is 1. The first-order valence-electron chi connectivity index (χ1n) is 5.78. The number of hydrogen-bond acceptors (Lipinski definition) is 4. The summed E-state index contributed by atoms with van der Waals surface area (Å²) in [5.74, 6) is 1.43. The highest BCUT2D eigenvalue weighted by Crippen LogP contribution is 2.20. The van der Waals surface area contributed by atoms with Gasteiger partial charge in [-0.3, -0.25) is 0 Å². The Morgan fingerprint density at radius 1 is 1.11 bits per heavy atom. The van der Waals surface area contributed by atoms with Crippen LogP contribution in [0.3, 0.4) is 0 Å². The van der Waals surface area contributed by atoms with E-state index in [1.807, 2.05) is 30.3 Å². The summed E-state index contributed by atoms with van der Waals surface area (Å²) in [6.07, 6.45) is 0. The van der Waals surface area contributed by atoms with Crippen molar-refractivity contribution in [2.24, 2.45) is 0 Å². The minimum Gasteiger partial charge on any atom is -0.497 e. The molecule has 0 amide bonds. The number of ether oxygens (including phenoxy) is 2. The molecule has 0 atom stereocenters. The lowest BCUT2D eigenvalue weighted by Gasteiger charge is -2.08. The quantitative estimate of drug-likeness (QED) is 0.852. The predicted octanol–water partition coefficient (Wildman–Crippen LogP) is 2.73. The average Bonchev–Trinajstić information content (AvgIpc) is 2.47. The molecule has 19 heavy (non-hydrogen) atoms. The van der Waals surface area contributed by atoms with Crippen LogP contribution < -0.4 is 15.2 Å². The second kappa shape index (κ2) is 5.78. The number of hydrogen-bond donors (Lipinski definition) is 1. The van der Waals surface area contributed by atoms with Crippen LogP contribution in [0, 0.1) is 11.3 Å². The summed E-state index contributed by atoms with van der Waals surface area (Å²) in [4.78, 5) is 0. The molecule has 0 fully saturated rings. The number of benzene rings is 2. The van der Waals surface area contributed by atoms with Crippen LogP contribution in [0.5, 0.6) is 11.5 Å². The van der Waals surface area contributed by atoms with E-state index in [-0.39, 0.29) is 0 Å². The van der Waals surface area contributed by atoms with Crippen molar-refractivity contribution in [3.05, 3.63) is 53.6 Å². The van der Waals surface area contributed by atoms with Gasteiger partial charge in [-0.05, 0) is 35.9 Å². The van der Waals surface area contributed by atoms with Gasteiger partial charge >= 0.3 is 0 Å². The van der Waals surface area contributed by atoms with E-state index in [0.29, 0.717) is 23.6 Å². The number of methoxy groups -OCH3 is 1. The normalized spacial score (nSPS) is 9.68. The van der Waals surface area contributed by atoms with Crippen molar-refractivity contribution < 1.29 is 9.47 Å². The van der Waals surface area contributed by atoms with Crippen molar-refractivity contribution in [3.8, 4) is 17.6 Å². The zero-order chi connectivity index (χ0) is 13.7. The molecule has 0 aromatic heterocycles. The fraction of sp³-hybridized carbons (Fsp3) is 0.133. The van der Waals surface area contributed by atoms with Gasteiger partial charge in [0, 0.05) is 5.69 Å². The molecule has 0 unspecified atom stereocenters. The Morgan fingerprint density at radius 2 is 1.79 bits per heavy atom. The van der Waals surface area contributed by atoms with Crippen molar-refractivity contribution in [2.75, 3.05) is 12.8 Å². The van der Waals surface area contributed by atoms with E-state index in [9.17, 15) is 0 Å². The SMILES string of the molecule is COc1ccc(COc2ccc(N)c(C#N)c2)cc1. The topological polar surface area (TPSA) is 68.3 Å². The maximum Gasteiger partial charge on any atom is 0.121 e. The summed E-state index contributed by atoms with van der Waals surface area (Å²) < 4.78 is 10.7. The van der Waals surface area contributed by atoms with E-state index in [1.54, 1.807) is 25.3 Å². The maximum absolute atomic E-state index is 8.89. The van der Waals surface area contributed by atoms with Gasteiger partial charge in [0.2, 0.25) is 0 Å². The van der Waals surface area contributed by atoms with Crippen molar-refractivity contribution in [1.82, 2.24) is 0 Å². The Hall–Kier alpha value is -2.67. The molecule has 96 valence electrons. The Labute approximate surface area is 112 Å². The van der Waals surface area contributed by atoms with Gasteiger partial charge < -0.3 is 15.2 Å². The molecule has 2 aromatic carbocycles. The van der Waals surface area contributed by atoms with E-state index < -0.39 is 0 Å². The first-order valence-corrected chi connectivity index (χ1v) is 5.78. The highest BCUT2D eigenvalue weighted by molar-refractivity contribution is 5.56. The summed E-state index contributed by atoms with van der Waals surface area (Å²) in [5.41, 5.74) is 7.55.